The van der Waals surface area contributed by atoms with Crippen LogP contribution in [-0.2, 0) is 12.2 Å². The summed E-state index contributed by atoms with van der Waals surface area (Å²) < 4.78 is 5.84. The van der Waals surface area contributed by atoms with Crippen LogP contribution in [0.5, 0.6) is 0 Å². The van der Waals surface area contributed by atoms with Crippen LogP contribution in [0, 0.1) is 0 Å². The van der Waals surface area contributed by atoms with Crippen molar-refractivity contribution >= 4 is 23.5 Å². The molecule has 0 aromatic carbocycles. The van der Waals surface area contributed by atoms with Gasteiger partial charge >= 0.3 is 0 Å². The van der Waals surface area contributed by atoms with Gasteiger partial charge in [-0.05, 0) is 25.0 Å². The van der Waals surface area contributed by atoms with Crippen molar-refractivity contribution in [2.75, 3.05) is 51.7 Å². The zero-order valence-corrected chi connectivity index (χ0v) is 18.7. The lowest BCUT2D eigenvalue weighted by Gasteiger charge is -2.29. The van der Waals surface area contributed by atoms with Gasteiger partial charge in [0.1, 0.15) is 11.6 Å². The van der Waals surface area contributed by atoms with Gasteiger partial charge in [0.05, 0.1) is 39.0 Å². The molecule has 8 heteroatoms. The molecular formula is C21H32N5O2S+. The van der Waals surface area contributed by atoms with Crippen molar-refractivity contribution in [3.8, 4) is 0 Å². The van der Waals surface area contributed by atoms with Gasteiger partial charge in [-0.3, -0.25) is 4.79 Å². The van der Waals surface area contributed by atoms with E-state index < -0.39 is 0 Å². The number of nitrogens with zero attached hydrogens (tertiary/aromatic N) is 4. The number of piperazine rings is 1. The standard InChI is InChI=1S/C21H31N5O2S/c1-5-9-25(4)19-14-16(6-2)22-21(23-19)29-15-17-7-8-18(28-17)20(27)26-12-10-24(3)11-13-26/h7-8,14H,5-6,9-13,15H2,1-4H3/p+1. The Bertz CT molecular complexity index is 817. The molecular weight excluding hydrogens is 386 g/mol. The molecule has 1 N–H and O–H groups in total. The average molecular weight is 419 g/mol. The SMILES string of the molecule is CCCN(C)c1cc(CC)nc(SCc2ccc(C(=O)N3CC[NH+](C)CC3)o2)n1. The quantitative estimate of drug-likeness (QED) is 0.520. The maximum Gasteiger partial charge on any atom is 0.289 e. The van der Waals surface area contributed by atoms with Crippen LogP contribution in [0.15, 0.2) is 27.8 Å². The van der Waals surface area contributed by atoms with Gasteiger partial charge in [0.2, 0.25) is 0 Å². The van der Waals surface area contributed by atoms with Crippen LogP contribution in [-0.4, -0.2) is 67.6 Å². The molecule has 158 valence electrons. The van der Waals surface area contributed by atoms with Crippen LogP contribution in [0.4, 0.5) is 5.82 Å². The smallest absolute Gasteiger partial charge is 0.289 e. The van der Waals surface area contributed by atoms with Gasteiger partial charge in [-0.1, -0.05) is 25.6 Å². The Morgan fingerprint density at radius 3 is 2.72 bits per heavy atom. The van der Waals surface area contributed by atoms with Crippen molar-refractivity contribution in [3.05, 3.63) is 35.4 Å². The summed E-state index contributed by atoms with van der Waals surface area (Å²) in [6.45, 7) is 8.74. The van der Waals surface area contributed by atoms with E-state index in [2.05, 4.69) is 43.9 Å². The second kappa shape index (κ2) is 10.1. The van der Waals surface area contributed by atoms with E-state index in [-0.39, 0.29) is 5.91 Å². The fourth-order valence-corrected chi connectivity index (χ4v) is 4.07. The predicted molar refractivity (Wildman–Crippen MR) is 116 cm³/mol. The van der Waals surface area contributed by atoms with Gasteiger partial charge in [0.25, 0.3) is 5.91 Å². The van der Waals surface area contributed by atoms with Gasteiger partial charge in [-0.15, -0.1) is 0 Å². The normalized spacial score (nSPS) is 15.0. The van der Waals surface area contributed by atoms with Gasteiger partial charge in [0.15, 0.2) is 10.9 Å². The molecule has 3 heterocycles. The summed E-state index contributed by atoms with van der Waals surface area (Å²) in [6.07, 6.45) is 1.94. The van der Waals surface area contributed by atoms with Crippen molar-refractivity contribution in [2.24, 2.45) is 0 Å². The molecule has 0 spiro atoms. The second-order valence-electron chi connectivity index (χ2n) is 7.58. The minimum atomic E-state index is -0.0125. The van der Waals surface area contributed by atoms with E-state index >= 15 is 0 Å². The monoisotopic (exact) mass is 418 g/mol. The number of carbonyl (C=O) groups is 1. The average Bonchev–Trinajstić information content (AvgIpc) is 3.21. The Hall–Kier alpha value is -2.06. The highest BCUT2D eigenvalue weighted by atomic mass is 32.2. The van der Waals surface area contributed by atoms with Gasteiger partial charge < -0.3 is 19.1 Å². The molecule has 0 saturated carbocycles. The Morgan fingerprint density at radius 1 is 1.28 bits per heavy atom. The number of hydrogen-bond donors (Lipinski definition) is 1. The van der Waals surface area contributed by atoms with Crippen LogP contribution < -0.4 is 9.80 Å². The fraction of sp³-hybridized carbons (Fsp3) is 0.571. The number of aromatic nitrogens is 2. The zero-order valence-electron chi connectivity index (χ0n) is 17.9. The molecule has 0 atom stereocenters. The molecule has 0 unspecified atom stereocenters. The van der Waals surface area contributed by atoms with Crippen molar-refractivity contribution in [3.63, 3.8) is 0 Å². The Kier molecular flexibility index (Phi) is 7.55. The third kappa shape index (κ3) is 5.73. The maximum absolute atomic E-state index is 12.6. The first-order valence-electron chi connectivity index (χ1n) is 10.4. The number of anilines is 1. The number of carbonyl (C=O) groups excluding carboxylic acids is 1. The van der Waals surface area contributed by atoms with E-state index in [4.69, 9.17) is 9.40 Å². The molecule has 0 radical (unpaired) electrons. The summed E-state index contributed by atoms with van der Waals surface area (Å²) in [4.78, 5) is 27.5. The first-order valence-corrected chi connectivity index (χ1v) is 11.4. The number of aryl methyl sites for hydroxylation is 1. The van der Waals surface area contributed by atoms with Crippen LogP contribution in [0.1, 0.15) is 42.3 Å². The fourth-order valence-electron chi connectivity index (χ4n) is 3.30. The number of thioether (sulfide) groups is 1. The predicted octanol–water partition coefficient (Wildman–Crippen LogP) is 1.74. The van der Waals surface area contributed by atoms with Crippen LogP contribution in [0.2, 0.25) is 0 Å². The number of amides is 1. The Morgan fingerprint density at radius 2 is 2.03 bits per heavy atom. The van der Waals surface area contributed by atoms with Crippen LogP contribution in [0.3, 0.4) is 0 Å². The number of quaternary nitrogens is 1. The molecule has 7 nitrogen and oxygen atoms in total. The molecule has 0 bridgehead atoms. The molecule has 1 saturated heterocycles. The molecule has 2 aromatic rings. The van der Waals surface area contributed by atoms with E-state index in [0.29, 0.717) is 11.5 Å². The lowest BCUT2D eigenvalue weighted by molar-refractivity contribution is -0.883. The van der Waals surface area contributed by atoms with Crippen LogP contribution in [0.25, 0.3) is 0 Å². The molecule has 1 aliphatic heterocycles. The summed E-state index contributed by atoms with van der Waals surface area (Å²) in [5.41, 5.74) is 1.04. The van der Waals surface area contributed by atoms with Crippen molar-refractivity contribution in [1.29, 1.82) is 0 Å². The molecule has 0 aliphatic carbocycles. The summed E-state index contributed by atoms with van der Waals surface area (Å²) in [6, 6.07) is 5.73. The van der Waals surface area contributed by atoms with E-state index in [1.807, 2.05) is 11.0 Å². The van der Waals surface area contributed by atoms with E-state index in [9.17, 15) is 4.79 Å². The molecule has 1 fully saturated rings. The summed E-state index contributed by atoms with van der Waals surface area (Å²) in [7, 11) is 4.22. The van der Waals surface area contributed by atoms with Crippen molar-refractivity contribution in [1.82, 2.24) is 14.9 Å². The van der Waals surface area contributed by atoms with Gasteiger partial charge in [0, 0.05) is 25.4 Å². The largest absolute Gasteiger partial charge is 0.455 e. The van der Waals surface area contributed by atoms with Gasteiger partial charge in [-0.25, -0.2) is 9.97 Å². The summed E-state index contributed by atoms with van der Waals surface area (Å²) in [5.74, 6) is 2.73. The number of rotatable bonds is 8. The van der Waals surface area contributed by atoms with Crippen LogP contribution >= 0.6 is 11.8 Å². The number of hydrogen-bond acceptors (Lipinski definition) is 6. The second-order valence-corrected chi connectivity index (χ2v) is 8.52. The Labute approximate surface area is 177 Å². The summed E-state index contributed by atoms with van der Waals surface area (Å²) in [5, 5.41) is 0.744. The minimum absolute atomic E-state index is 0.0125. The van der Waals surface area contributed by atoms with E-state index in [1.54, 1.807) is 17.8 Å². The van der Waals surface area contributed by atoms with E-state index in [1.165, 1.54) is 4.90 Å². The number of furan rings is 1. The molecule has 1 amide bonds. The summed E-state index contributed by atoms with van der Waals surface area (Å²) >= 11 is 1.54. The van der Waals surface area contributed by atoms with Gasteiger partial charge in [-0.2, -0.15) is 0 Å². The lowest BCUT2D eigenvalue weighted by Crippen LogP contribution is -3.12. The Balaban J connectivity index is 1.63. The number of nitrogens with one attached hydrogen (secondary N) is 1. The lowest BCUT2D eigenvalue weighted by atomic mass is 10.3. The first-order chi connectivity index (χ1) is 14.0. The highest BCUT2D eigenvalue weighted by Gasteiger charge is 2.24. The van der Waals surface area contributed by atoms with E-state index in [0.717, 1.165) is 68.0 Å². The molecule has 3 rings (SSSR count). The molecule has 2 aromatic heterocycles. The third-order valence-corrected chi connectivity index (χ3v) is 6.05. The topological polar surface area (TPSA) is 66.9 Å². The highest BCUT2D eigenvalue weighted by molar-refractivity contribution is 7.98. The first kappa shape index (κ1) is 21.6. The zero-order chi connectivity index (χ0) is 20.8. The highest BCUT2D eigenvalue weighted by Crippen LogP contribution is 2.24. The maximum atomic E-state index is 12.6. The number of likely N-dealkylation sites (N-methyl/N-ethyl adjacent to an activating group) is 1. The minimum Gasteiger partial charge on any atom is -0.455 e. The third-order valence-electron chi connectivity index (χ3n) is 5.18. The van der Waals surface area contributed by atoms with Crippen molar-refractivity contribution in [2.45, 2.75) is 37.6 Å². The molecule has 29 heavy (non-hydrogen) atoms. The van der Waals surface area contributed by atoms with Crippen molar-refractivity contribution < 1.29 is 14.1 Å². The molecule has 1 aliphatic rings.